The summed E-state index contributed by atoms with van der Waals surface area (Å²) in [6, 6.07) is 19.1. The van der Waals surface area contributed by atoms with Crippen molar-refractivity contribution in [3.05, 3.63) is 70.7 Å². The second-order valence-electron chi connectivity index (χ2n) is 5.94. The highest BCUT2D eigenvalue weighted by Gasteiger charge is 2.18. The van der Waals surface area contributed by atoms with E-state index in [2.05, 4.69) is 46.6 Å². The van der Waals surface area contributed by atoms with Crippen molar-refractivity contribution in [1.82, 2.24) is 10.2 Å². The zero-order valence-corrected chi connectivity index (χ0v) is 13.6. The average Bonchev–Trinajstić information content (AvgIpc) is 3.07. The van der Waals surface area contributed by atoms with Gasteiger partial charge in [-0.15, -0.1) is 0 Å². The van der Waals surface area contributed by atoms with Crippen molar-refractivity contribution in [3.63, 3.8) is 0 Å². The number of hydrogen-bond acceptors (Lipinski definition) is 2. The van der Waals surface area contributed by atoms with Gasteiger partial charge in [-0.05, 0) is 43.1 Å². The Balaban J connectivity index is 1.69. The predicted molar refractivity (Wildman–Crippen MR) is 93.1 cm³/mol. The van der Waals surface area contributed by atoms with Gasteiger partial charge >= 0.3 is 0 Å². The van der Waals surface area contributed by atoms with Gasteiger partial charge in [-0.1, -0.05) is 60.1 Å². The van der Waals surface area contributed by atoms with Gasteiger partial charge in [-0.25, -0.2) is 0 Å². The number of benzene rings is 2. The molecule has 0 radical (unpaired) electrons. The molecule has 3 heteroatoms. The number of hydrogen-bond donors (Lipinski definition) is 1. The molecule has 1 unspecified atom stereocenters. The highest BCUT2D eigenvalue weighted by atomic mass is 35.5. The second kappa shape index (κ2) is 7.77. The van der Waals surface area contributed by atoms with Crippen LogP contribution in [0.25, 0.3) is 0 Å². The number of rotatable bonds is 6. The summed E-state index contributed by atoms with van der Waals surface area (Å²) < 4.78 is 0. The molecule has 3 rings (SSSR count). The highest BCUT2D eigenvalue weighted by molar-refractivity contribution is 6.31. The Morgan fingerprint density at radius 2 is 1.64 bits per heavy atom. The van der Waals surface area contributed by atoms with Gasteiger partial charge in [0.2, 0.25) is 0 Å². The molecule has 116 valence electrons. The van der Waals surface area contributed by atoms with Gasteiger partial charge < -0.3 is 10.2 Å². The largest absolute Gasteiger partial charge is 0.305 e. The second-order valence-corrected chi connectivity index (χ2v) is 6.35. The van der Waals surface area contributed by atoms with Crippen LogP contribution in [-0.4, -0.2) is 24.5 Å². The van der Waals surface area contributed by atoms with Crippen LogP contribution in [0.3, 0.4) is 0 Å². The third-order valence-corrected chi connectivity index (χ3v) is 4.71. The average molecular weight is 315 g/mol. The van der Waals surface area contributed by atoms with Crippen molar-refractivity contribution < 1.29 is 0 Å². The van der Waals surface area contributed by atoms with Gasteiger partial charge in [-0.2, -0.15) is 0 Å². The molecule has 1 aliphatic rings. The fourth-order valence-electron chi connectivity index (χ4n) is 3.07. The SMILES string of the molecule is Clc1ccccc1CNC(CN1CCCC1)c1ccccc1. The lowest BCUT2D eigenvalue weighted by atomic mass is 10.1. The molecular formula is C19H23ClN2. The summed E-state index contributed by atoms with van der Waals surface area (Å²) >= 11 is 6.27. The zero-order chi connectivity index (χ0) is 15.2. The minimum atomic E-state index is 0.343. The molecule has 0 spiro atoms. The summed E-state index contributed by atoms with van der Waals surface area (Å²) in [5.41, 5.74) is 2.51. The van der Waals surface area contributed by atoms with Crippen LogP contribution in [-0.2, 0) is 6.54 Å². The van der Waals surface area contributed by atoms with Gasteiger partial charge in [-0.3, -0.25) is 0 Å². The van der Waals surface area contributed by atoms with E-state index in [0.29, 0.717) is 6.04 Å². The molecule has 1 aliphatic heterocycles. The molecule has 1 N–H and O–H groups in total. The van der Waals surface area contributed by atoms with Gasteiger partial charge in [0.1, 0.15) is 0 Å². The van der Waals surface area contributed by atoms with Crippen LogP contribution in [0.5, 0.6) is 0 Å². The Morgan fingerprint density at radius 1 is 0.955 bits per heavy atom. The maximum absolute atomic E-state index is 6.27. The summed E-state index contributed by atoms with van der Waals surface area (Å²) in [6.07, 6.45) is 2.65. The molecule has 0 aliphatic carbocycles. The van der Waals surface area contributed by atoms with Crippen molar-refractivity contribution in [2.75, 3.05) is 19.6 Å². The quantitative estimate of drug-likeness (QED) is 0.856. The lowest BCUT2D eigenvalue weighted by Gasteiger charge is -2.25. The van der Waals surface area contributed by atoms with Crippen LogP contribution in [0.15, 0.2) is 54.6 Å². The van der Waals surface area contributed by atoms with Crippen molar-refractivity contribution in [3.8, 4) is 0 Å². The van der Waals surface area contributed by atoms with Crippen molar-refractivity contribution in [2.24, 2.45) is 0 Å². The zero-order valence-electron chi connectivity index (χ0n) is 12.8. The van der Waals surface area contributed by atoms with E-state index in [1.165, 1.54) is 31.5 Å². The van der Waals surface area contributed by atoms with Gasteiger partial charge in [0.05, 0.1) is 0 Å². The molecule has 1 saturated heterocycles. The fourth-order valence-corrected chi connectivity index (χ4v) is 3.27. The van der Waals surface area contributed by atoms with E-state index in [0.717, 1.165) is 23.7 Å². The molecule has 22 heavy (non-hydrogen) atoms. The summed E-state index contributed by atoms with van der Waals surface area (Å²) in [5.74, 6) is 0. The van der Waals surface area contributed by atoms with Gasteiger partial charge in [0, 0.05) is 24.2 Å². The molecule has 1 fully saturated rings. The molecule has 1 heterocycles. The molecule has 0 aromatic heterocycles. The monoisotopic (exact) mass is 314 g/mol. The van der Waals surface area contributed by atoms with E-state index >= 15 is 0 Å². The highest BCUT2D eigenvalue weighted by Crippen LogP contribution is 2.20. The summed E-state index contributed by atoms with van der Waals surface area (Å²) in [6.45, 7) is 4.30. The van der Waals surface area contributed by atoms with Crippen molar-refractivity contribution in [2.45, 2.75) is 25.4 Å². The Kier molecular flexibility index (Phi) is 5.49. The van der Waals surface area contributed by atoms with Crippen LogP contribution in [0, 0.1) is 0 Å². The Morgan fingerprint density at radius 3 is 2.36 bits per heavy atom. The number of halogens is 1. The Bertz CT molecular complexity index is 579. The van der Waals surface area contributed by atoms with Gasteiger partial charge in [0.15, 0.2) is 0 Å². The molecular weight excluding hydrogens is 292 g/mol. The molecule has 2 nitrogen and oxygen atoms in total. The maximum Gasteiger partial charge on any atom is 0.0451 e. The van der Waals surface area contributed by atoms with Crippen molar-refractivity contribution >= 4 is 11.6 Å². The van der Waals surface area contributed by atoms with Gasteiger partial charge in [0.25, 0.3) is 0 Å². The normalized spacial score (nSPS) is 16.8. The third-order valence-electron chi connectivity index (χ3n) is 4.34. The van der Waals surface area contributed by atoms with Crippen LogP contribution in [0.2, 0.25) is 5.02 Å². The summed E-state index contributed by atoms with van der Waals surface area (Å²) in [4.78, 5) is 2.55. The summed E-state index contributed by atoms with van der Waals surface area (Å²) in [5, 5.41) is 4.53. The Hall–Kier alpha value is -1.35. The third kappa shape index (κ3) is 4.10. The summed E-state index contributed by atoms with van der Waals surface area (Å²) in [7, 11) is 0. The van der Waals surface area contributed by atoms with E-state index in [-0.39, 0.29) is 0 Å². The van der Waals surface area contributed by atoms with E-state index in [9.17, 15) is 0 Å². The Labute approximate surface area is 138 Å². The first-order valence-electron chi connectivity index (χ1n) is 8.07. The van der Waals surface area contributed by atoms with Crippen LogP contribution < -0.4 is 5.32 Å². The smallest absolute Gasteiger partial charge is 0.0451 e. The first-order chi connectivity index (χ1) is 10.8. The molecule has 0 amide bonds. The number of nitrogens with one attached hydrogen (secondary N) is 1. The lowest BCUT2D eigenvalue weighted by molar-refractivity contribution is 0.291. The van der Waals surface area contributed by atoms with Crippen LogP contribution >= 0.6 is 11.6 Å². The molecule has 2 aromatic rings. The lowest BCUT2D eigenvalue weighted by Crippen LogP contribution is -2.33. The number of likely N-dealkylation sites (tertiary alicyclic amines) is 1. The molecule has 0 bridgehead atoms. The van der Waals surface area contributed by atoms with E-state index in [1.807, 2.05) is 18.2 Å². The van der Waals surface area contributed by atoms with E-state index < -0.39 is 0 Å². The van der Waals surface area contributed by atoms with Crippen LogP contribution in [0.1, 0.15) is 30.0 Å². The van der Waals surface area contributed by atoms with E-state index in [4.69, 9.17) is 11.6 Å². The van der Waals surface area contributed by atoms with E-state index in [1.54, 1.807) is 0 Å². The fraction of sp³-hybridized carbons (Fsp3) is 0.368. The molecule has 1 atom stereocenters. The van der Waals surface area contributed by atoms with Crippen LogP contribution in [0.4, 0.5) is 0 Å². The standard InChI is InChI=1S/C19H23ClN2/c20-18-11-5-4-10-17(18)14-21-19(15-22-12-6-7-13-22)16-8-2-1-3-9-16/h1-5,8-11,19,21H,6-7,12-15H2. The number of nitrogens with zero attached hydrogens (tertiary/aromatic N) is 1. The molecule has 0 saturated carbocycles. The minimum absolute atomic E-state index is 0.343. The van der Waals surface area contributed by atoms with Crippen molar-refractivity contribution in [1.29, 1.82) is 0 Å². The molecule has 2 aromatic carbocycles. The maximum atomic E-state index is 6.27. The predicted octanol–water partition coefficient (Wildman–Crippen LogP) is 4.27. The minimum Gasteiger partial charge on any atom is -0.305 e. The topological polar surface area (TPSA) is 15.3 Å². The first kappa shape index (κ1) is 15.5. The first-order valence-corrected chi connectivity index (χ1v) is 8.45.